The molecule has 144 valence electrons. The number of nitrogens with zero attached hydrogens (tertiary/aromatic N) is 3. The zero-order valence-electron chi connectivity index (χ0n) is 16.2. The highest BCUT2D eigenvalue weighted by atomic mass is 16.7. The van der Waals surface area contributed by atoms with Gasteiger partial charge in [0.2, 0.25) is 6.79 Å². The average molecular weight is 362 g/mol. The lowest BCUT2D eigenvalue weighted by molar-refractivity contribution is -0.00522. The summed E-state index contributed by atoms with van der Waals surface area (Å²) in [5.74, 6) is 2.51. The van der Waals surface area contributed by atoms with E-state index in [0.29, 0.717) is 6.79 Å². The number of aliphatic imine (C=N–C) groups is 1. The first kappa shape index (κ1) is 18.8. The topological polar surface area (TPSA) is 58.6 Å². The van der Waals surface area contributed by atoms with E-state index in [4.69, 9.17) is 14.2 Å². The second-order valence-corrected chi connectivity index (χ2v) is 7.18. The number of hydrogen-bond acceptors (Lipinski definition) is 5. The number of ether oxygens (including phenoxy) is 3. The van der Waals surface area contributed by atoms with Crippen LogP contribution in [0.2, 0.25) is 0 Å². The van der Waals surface area contributed by atoms with Gasteiger partial charge in [-0.3, -0.25) is 4.99 Å². The van der Waals surface area contributed by atoms with Gasteiger partial charge < -0.3 is 29.3 Å². The molecule has 2 heterocycles. The van der Waals surface area contributed by atoms with Crippen molar-refractivity contribution in [2.75, 3.05) is 54.7 Å². The van der Waals surface area contributed by atoms with Crippen LogP contribution in [0.5, 0.6) is 11.5 Å². The van der Waals surface area contributed by atoms with Gasteiger partial charge in [-0.2, -0.15) is 0 Å². The molecule has 2 aliphatic rings. The van der Waals surface area contributed by atoms with Gasteiger partial charge in [0.05, 0.1) is 0 Å². The Balaban J connectivity index is 1.61. The molecule has 2 aliphatic heterocycles. The number of guanidine groups is 1. The van der Waals surface area contributed by atoms with Crippen molar-refractivity contribution >= 4 is 5.96 Å². The monoisotopic (exact) mass is 362 g/mol. The summed E-state index contributed by atoms with van der Waals surface area (Å²) in [6.07, 6.45) is 2.05. The van der Waals surface area contributed by atoms with Crippen LogP contribution >= 0.6 is 0 Å². The summed E-state index contributed by atoms with van der Waals surface area (Å²) in [4.78, 5) is 8.90. The van der Waals surface area contributed by atoms with Crippen molar-refractivity contribution in [1.82, 2.24) is 15.1 Å². The third-order valence-corrected chi connectivity index (χ3v) is 5.38. The van der Waals surface area contributed by atoms with E-state index in [1.54, 1.807) is 0 Å². The maximum atomic E-state index is 5.55. The van der Waals surface area contributed by atoms with E-state index >= 15 is 0 Å². The van der Waals surface area contributed by atoms with E-state index in [2.05, 4.69) is 40.3 Å². The molecule has 0 aliphatic carbocycles. The number of likely N-dealkylation sites (N-methyl/N-ethyl adjacent to an activating group) is 1. The number of benzene rings is 1. The lowest BCUT2D eigenvalue weighted by atomic mass is 9.88. The second-order valence-electron chi connectivity index (χ2n) is 7.18. The van der Waals surface area contributed by atoms with Gasteiger partial charge in [0.1, 0.15) is 0 Å². The zero-order valence-corrected chi connectivity index (χ0v) is 16.2. The highest BCUT2D eigenvalue weighted by Crippen LogP contribution is 2.32. The van der Waals surface area contributed by atoms with Gasteiger partial charge in [0.25, 0.3) is 0 Å². The van der Waals surface area contributed by atoms with Gasteiger partial charge in [-0.1, -0.05) is 6.07 Å². The molecule has 1 aromatic carbocycles. The Morgan fingerprint density at radius 2 is 1.88 bits per heavy atom. The zero-order chi connectivity index (χ0) is 18.6. The average Bonchev–Trinajstić information content (AvgIpc) is 3.10. The number of rotatable bonds is 5. The smallest absolute Gasteiger partial charge is 0.231 e. The van der Waals surface area contributed by atoms with Gasteiger partial charge in [0.15, 0.2) is 17.5 Å². The van der Waals surface area contributed by atoms with Crippen LogP contribution in [-0.2, 0) is 11.3 Å². The standard InChI is InChI=1S/C19H30N4O3/c1-20-18(21-13-19(22(2)3)7-9-24-10-8-19)23(4)12-15-5-6-16-17(11-15)26-14-25-16/h5-6,11H,7-10,12-14H2,1-4H3,(H,20,21). The summed E-state index contributed by atoms with van der Waals surface area (Å²) in [5, 5.41) is 3.56. The molecule has 0 radical (unpaired) electrons. The Morgan fingerprint density at radius 1 is 1.15 bits per heavy atom. The molecule has 1 fully saturated rings. The molecular formula is C19H30N4O3. The van der Waals surface area contributed by atoms with Crippen LogP contribution in [0.4, 0.5) is 0 Å². The Kier molecular flexibility index (Phi) is 5.88. The molecule has 0 unspecified atom stereocenters. The maximum absolute atomic E-state index is 5.55. The van der Waals surface area contributed by atoms with Crippen LogP contribution in [0.15, 0.2) is 23.2 Å². The Bertz CT molecular complexity index is 642. The minimum Gasteiger partial charge on any atom is -0.454 e. The first-order valence-electron chi connectivity index (χ1n) is 9.09. The van der Waals surface area contributed by atoms with Crippen LogP contribution in [-0.4, -0.2) is 76.0 Å². The predicted molar refractivity (Wildman–Crippen MR) is 102 cm³/mol. The molecule has 7 heteroatoms. The summed E-state index contributed by atoms with van der Waals surface area (Å²) in [6, 6.07) is 6.06. The van der Waals surface area contributed by atoms with Crippen molar-refractivity contribution in [1.29, 1.82) is 0 Å². The van der Waals surface area contributed by atoms with Gasteiger partial charge in [-0.25, -0.2) is 0 Å². The molecule has 0 aromatic heterocycles. The van der Waals surface area contributed by atoms with E-state index < -0.39 is 0 Å². The van der Waals surface area contributed by atoms with E-state index in [9.17, 15) is 0 Å². The highest BCUT2D eigenvalue weighted by Gasteiger charge is 2.35. The third kappa shape index (κ3) is 4.04. The quantitative estimate of drug-likeness (QED) is 0.633. The Morgan fingerprint density at radius 3 is 2.58 bits per heavy atom. The van der Waals surface area contributed by atoms with Crippen molar-refractivity contribution in [3.63, 3.8) is 0 Å². The summed E-state index contributed by atoms with van der Waals surface area (Å²) >= 11 is 0. The molecule has 26 heavy (non-hydrogen) atoms. The first-order valence-corrected chi connectivity index (χ1v) is 9.09. The molecular weight excluding hydrogens is 332 g/mol. The van der Waals surface area contributed by atoms with E-state index in [1.807, 2.05) is 26.2 Å². The molecule has 0 atom stereocenters. The molecule has 1 saturated heterocycles. The van der Waals surface area contributed by atoms with Crippen LogP contribution in [0.25, 0.3) is 0 Å². The van der Waals surface area contributed by atoms with Gasteiger partial charge in [-0.15, -0.1) is 0 Å². The van der Waals surface area contributed by atoms with Crippen molar-refractivity contribution in [3.05, 3.63) is 23.8 Å². The number of hydrogen-bond donors (Lipinski definition) is 1. The fourth-order valence-electron chi connectivity index (χ4n) is 3.55. The molecule has 3 rings (SSSR count). The maximum Gasteiger partial charge on any atom is 0.231 e. The molecule has 1 N–H and O–H groups in total. The summed E-state index contributed by atoms with van der Waals surface area (Å²) in [6.45, 7) is 3.51. The summed E-state index contributed by atoms with van der Waals surface area (Å²) < 4.78 is 16.4. The van der Waals surface area contributed by atoms with E-state index in [0.717, 1.165) is 62.2 Å². The van der Waals surface area contributed by atoms with Crippen LogP contribution in [0.1, 0.15) is 18.4 Å². The van der Waals surface area contributed by atoms with Crippen molar-refractivity contribution in [2.24, 2.45) is 4.99 Å². The van der Waals surface area contributed by atoms with E-state index in [1.165, 1.54) is 0 Å². The molecule has 1 aromatic rings. The third-order valence-electron chi connectivity index (χ3n) is 5.38. The minimum atomic E-state index is 0.105. The first-order chi connectivity index (χ1) is 12.5. The van der Waals surface area contributed by atoms with Crippen LogP contribution in [0, 0.1) is 0 Å². The summed E-state index contributed by atoms with van der Waals surface area (Å²) in [7, 11) is 8.16. The lowest BCUT2D eigenvalue weighted by Crippen LogP contribution is -2.57. The Labute approximate surface area is 155 Å². The summed E-state index contributed by atoms with van der Waals surface area (Å²) in [5.41, 5.74) is 1.27. The largest absolute Gasteiger partial charge is 0.454 e. The van der Waals surface area contributed by atoms with Crippen LogP contribution in [0.3, 0.4) is 0 Å². The minimum absolute atomic E-state index is 0.105. The van der Waals surface area contributed by atoms with E-state index in [-0.39, 0.29) is 5.54 Å². The second kappa shape index (κ2) is 8.14. The van der Waals surface area contributed by atoms with Gasteiger partial charge in [0, 0.05) is 45.9 Å². The fourth-order valence-corrected chi connectivity index (χ4v) is 3.55. The number of nitrogens with one attached hydrogen (secondary N) is 1. The molecule has 0 amide bonds. The predicted octanol–water partition coefficient (Wildman–Crippen LogP) is 1.53. The van der Waals surface area contributed by atoms with Crippen molar-refractivity contribution < 1.29 is 14.2 Å². The van der Waals surface area contributed by atoms with Gasteiger partial charge in [-0.05, 0) is 44.6 Å². The normalized spacial score (nSPS) is 18.9. The fraction of sp³-hybridized carbons (Fsp3) is 0.632. The highest BCUT2D eigenvalue weighted by molar-refractivity contribution is 5.79. The van der Waals surface area contributed by atoms with Crippen molar-refractivity contribution in [2.45, 2.75) is 24.9 Å². The van der Waals surface area contributed by atoms with Crippen molar-refractivity contribution in [3.8, 4) is 11.5 Å². The molecule has 0 bridgehead atoms. The van der Waals surface area contributed by atoms with Gasteiger partial charge >= 0.3 is 0 Å². The lowest BCUT2D eigenvalue weighted by Gasteiger charge is -2.43. The van der Waals surface area contributed by atoms with Crippen LogP contribution < -0.4 is 14.8 Å². The Hall–Kier alpha value is -1.99. The number of fused-ring (bicyclic) bond motifs is 1. The SMILES string of the molecule is CN=C(NCC1(N(C)C)CCOCC1)N(C)Cc1ccc2c(c1)OCO2. The molecule has 7 nitrogen and oxygen atoms in total. The molecule has 0 spiro atoms. The molecule has 0 saturated carbocycles.